The fourth-order valence-electron chi connectivity index (χ4n) is 2.85. The van der Waals surface area contributed by atoms with Crippen LogP contribution in [0.3, 0.4) is 0 Å². The van der Waals surface area contributed by atoms with Crippen LogP contribution in [0.1, 0.15) is 36.4 Å². The number of amides is 1. The molecular weight excluding hydrogens is 286 g/mol. The van der Waals surface area contributed by atoms with Crippen LogP contribution in [0.4, 0.5) is 0 Å². The number of halogens is 1. The Morgan fingerprint density at radius 3 is 3.10 bits per heavy atom. The van der Waals surface area contributed by atoms with Gasteiger partial charge in [-0.2, -0.15) is 5.10 Å². The number of rotatable bonds is 4. The third-order valence-electron chi connectivity index (χ3n) is 3.87. The first-order chi connectivity index (χ1) is 10.2. The SMILES string of the molecule is O=C(CCn1cc(Cl)cn1)N[C@@H]1CCCc2ccccc21. The number of nitrogens with zero attached hydrogens (tertiary/aromatic N) is 2. The fourth-order valence-corrected chi connectivity index (χ4v) is 3.00. The lowest BCUT2D eigenvalue weighted by molar-refractivity contribution is -0.122. The minimum atomic E-state index is 0.0586. The molecule has 3 rings (SSSR count). The van der Waals surface area contributed by atoms with Gasteiger partial charge < -0.3 is 5.32 Å². The zero-order valence-electron chi connectivity index (χ0n) is 11.8. The van der Waals surface area contributed by atoms with Crippen molar-refractivity contribution in [3.63, 3.8) is 0 Å². The molecule has 5 heteroatoms. The summed E-state index contributed by atoms with van der Waals surface area (Å²) < 4.78 is 1.69. The summed E-state index contributed by atoms with van der Waals surface area (Å²) >= 11 is 5.80. The molecule has 0 saturated heterocycles. The van der Waals surface area contributed by atoms with E-state index in [-0.39, 0.29) is 11.9 Å². The highest BCUT2D eigenvalue weighted by molar-refractivity contribution is 6.30. The Bertz CT molecular complexity index is 638. The normalized spacial score (nSPS) is 17.3. The van der Waals surface area contributed by atoms with Crippen LogP contribution in [0, 0.1) is 0 Å². The fraction of sp³-hybridized carbons (Fsp3) is 0.375. The summed E-state index contributed by atoms with van der Waals surface area (Å²) in [5.74, 6) is 0.0586. The van der Waals surface area contributed by atoms with Gasteiger partial charge in [-0.25, -0.2) is 0 Å². The topological polar surface area (TPSA) is 46.9 Å². The van der Waals surface area contributed by atoms with Gasteiger partial charge in [-0.05, 0) is 30.4 Å². The third kappa shape index (κ3) is 3.45. The van der Waals surface area contributed by atoms with Crippen molar-refractivity contribution in [3.8, 4) is 0 Å². The highest BCUT2D eigenvalue weighted by Crippen LogP contribution is 2.29. The molecule has 1 aromatic heterocycles. The Labute approximate surface area is 129 Å². The van der Waals surface area contributed by atoms with E-state index in [2.05, 4.69) is 28.6 Å². The first-order valence-corrected chi connectivity index (χ1v) is 7.65. The molecule has 4 nitrogen and oxygen atoms in total. The summed E-state index contributed by atoms with van der Waals surface area (Å²) in [5, 5.41) is 7.81. The van der Waals surface area contributed by atoms with Crippen molar-refractivity contribution in [2.24, 2.45) is 0 Å². The molecule has 1 aliphatic rings. The molecule has 1 atom stereocenters. The first kappa shape index (κ1) is 14.1. The Morgan fingerprint density at radius 1 is 1.43 bits per heavy atom. The van der Waals surface area contributed by atoms with E-state index in [0.29, 0.717) is 18.0 Å². The monoisotopic (exact) mass is 303 g/mol. The summed E-state index contributed by atoms with van der Waals surface area (Å²) in [6.07, 6.45) is 6.96. The zero-order chi connectivity index (χ0) is 14.7. The van der Waals surface area contributed by atoms with Crippen molar-refractivity contribution in [2.75, 3.05) is 0 Å². The molecule has 0 radical (unpaired) electrons. The Balaban J connectivity index is 1.58. The molecule has 1 aliphatic carbocycles. The van der Waals surface area contributed by atoms with Crippen molar-refractivity contribution in [2.45, 2.75) is 38.3 Å². The van der Waals surface area contributed by atoms with E-state index in [9.17, 15) is 4.79 Å². The lowest BCUT2D eigenvalue weighted by Gasteiger charge is -2.26. The quantitative estimate of drug-likeness (QED) is 0.943. The molecule has 0 saturated carbocycles. The van der Waals surface area contributed by atoms with Crippen LogP contribution >= 0.6 is 11.6 Å². The summed E-state index contributed by atoms with van der Waals surface area (Å²) in [4.78, 5) is 12.1. The van der Waals surface area contributed by atoms with Gasteiger partial charge in [0.1, 0.15) is 0 Å². The summed E-state index contributed by atoms with van der Waals surface area (Å²) in [7, 11) is 0. The van der Waals surface area contributed by atoms with E-state index in [4.69, 9.17) is 11.6 Å². The minimum Gasteiger partial charge on any atom is -0.349 e. The third-order valence-corrected chi connectivity index (χ3v) is 4.07. The number of nitrogens with one attached hydrogen (secondary N) is 1. The minimum absolute atomic E-state index is 0.0586. The number of carbonyl (C=O) groups excluding carboxylic acids is 1. The second-order valence-electron chi connectivity index (χ2n) is 5.38. The average Bonchev–Trinajstić information content (AvgIpc) is 2.91. The van der Waals surface area contributed by atoms with Gasteiger partial charge in [-0.15, -0.1) is 0 Å². The standard InChI is InChI=1S/C16H18ClN3O/c17-13-10-18-20(11-13)9-8-16(21)19-15-7-3-5-12-4-1-2-6-14(12)15/h1-2,4,6,10-11,15H,3,5,7-9H2,(H,19,21)/t15-/m1/s1. The van der Waals surface area contributed by atoms with Crippen molar-refractivity contribution in [3.05, 3.63) is 52.8 Å². The van der Waals surface area contributed by atoms with E-state index in [1.807, 2.05) is 6.07 Å². The maximum Gasteiger partial charge on any atom is 0.222 e. The summed E-state index contributed by atoms with van der Waals surface area (Å²) in [6.45, 7) is 0.549. The van der Waals surface area contributed by atoms with Crippen LogP contribution < -0.4 is 5.32 Å². The van der Waals surface area contributed by atoms with E-state index in [0.717, 1.165) is 19.3 Å². The maximum absolute atomic E-state index is 12.1. The molecule has 21 heavy (non-hydrogen) atoms. The first-order valence-electron chi connectivity index (χ1n) is 7.27. The molecular formula is C16H18ClN3O. The molecule has 1 aromatic carbocycles. The van der Waals surface area contributed by atoms with Crippen molar-refractivity contribution in [1.29, 1.82) is 0 Å². The number of aromatic nitrogens is 2. The second-order valence-corrected chi connectivity index (χ2v) is 5.82. The van der Waals surface area contributed by atoms with Gasteiger partial charge in [-0.1, -0.05) is 35.9 Å². The number of aryl methyl sites for hydroxylation is 2. The van der Waals surface area contributed by atoms with Crippen LogP contribution in [-0.4, -0.2) is 15.7 Å². The molecule has 1 N–H and O–H groups in total. The molecule has 2 aromatic rings. The number of hydrogen-bond acceptors (Lipinski definition) is 2. The van der Waals surface area contributed by atoms with Crippen molar-refractivity contribution < 1.29 is 4.79 Å². The van der Waals surface area contributed by atoms with Crippen LogP contribution in [0.5, 0.6) is 0 Å². The van der Waals surface area contributed by atoms with Gasteiger partial charge in [0.25, 0.3) is 0 Å². The predicted molar refractivity (Wildman–Crippen MR) is 82.1 cm³/mol. The van der Waals surface area contributed by atoms with Gasteiger partial charge in [0, 0.05) is 19.2 Å². The highest BCUT2D eigenvalue weighted by Gasteiger charge is 2.21. The van der Waals surface area contributed by atoms with Gasteiger partial charge in [0.05, 0.1) is 17.3 Å². The lowest BCUT2D eigenvalue weighted by atomic mass is 9.88. The average molecular weight is 304 g/mol. The summed E-state index contributed by atoms with van der Waals surface area (Å²) in [6, 6.07) is 8.51. The Morgan fingerprint density at radius 2 is 2.29 bits per heavy atom. The molecule has 1 amide bonds. The van der Waals surface area contributed by atoms with Gasteiger partial charge in [-0.3, -0.25) is 9.48 Å². The maximum atomic E-state index is 12.1. The van der Waals surface area contributed by atoms with Crippen molar-refractivity contribution >= 4 is 17.5 Å². The Kier molecular flexibility index (Phi) is 4.25. The van der Waals surface area contributed by atoms with Crippen LogP contribution in [0.25, 0.3) is 0 Å². The molecule has 0 bridgehead atoms. The highest BCUT2D eigenvalue weighted by atomic mass is 35.5. The molecule has 0 spiro atoms. The van der Waals surface area contributed by atoms with Gasteiger partial charge in [0.15, 0.2) is 0 Å². The Hall–Kier alpha value is -1.81. The molecule has 0 fully saturated rings. The smallest absolute Gasteiger partial charge is 0.222 e. The second kappa shape index (κ2) is 6.31. The summed E-state index contributed by atoms with van der Waals surface area (Å²) in [5.41, 5.74) is 2.62. The van der Waals surface area contributed by atoms with Crippen molar-refractivity contribution in [1.82, 2.24) is 15.1 Å². The zero-order valence-corrected chi connectivity index (χ0v) is 12.5. The van der Waals surface area contributed by atoms with Crippen LogP contribution in [0.15, 0.2) is 36.7 Å². The number of fused-ring (bicyclic) bond motifs is 1. The van der Waals surface area contributed by atoms with E-state index in [1.165, 1.54) is 11.1 Å². The lowest BCUT2D eigenvalue weighted by Crippen LogP contribution is -2.31. The van der Waals surface area contributed by atoms with E-state index in [1.54, 1.807) is 17.1 Å². The number of hydrogen-bond donors (Lipinski definition) is 1. The van der Waals surface area contributed by atoms with E-state index >= 15 is 0 Å². The van der Waals surface area contributed by atoms with Crippen LogP contribution in [-0.2, 0) is 17.8 Å². The largest absolute Gasteiger partial charge is 0.349 e. The molecule has 1 heterocycles. The predicted octanol–water partition coefficient (Wildman–Crippen LogP) is 3.12. The number of carbonyl (C=O) groups is 1. The van der Waals surface area contributed by atoms with Crippen LogP contribution in [0.2, 0.25) is 5.02 Å². The van der Waals surface area contributed by atoms with E-state index < -0.39 is 0 Å². The van der Waals surface area contributed by atoms with Gasteiger partial charge in [0.2, 0.25) is 5.91 Å². The number of benzene rings is 1. The molecule has 0 unspecified atom stereocenters. The molecule has 110 valence electrons. The van der Waals surface area contributed by atoms with Gasteiger partial charge >= 0.3 is 0 Å². The molecule has 0 aliphatic heterocycles.